The van der Waals surface area contributed by atoms with Crippen LogP contribution < -0.4 is 15.4 Å². The standard InChI is InChI=1S/C20H26N2O2/c1-15(2)24-19-10-8-17(9-11-19)12-13-21-20(23)22-14-18-7-5-4-6-16(18)3/h4-11,15H,12-14H2,1-3H3,(H2,21,22,23). The molecule has 0 fully saturated rings. The number of hydrogen-bond acceptors (Lipinski definition) is 2. The number of rotatable bonds is 7. The van der Waals surface area contributed by atoms with Crippen molar-refractivity contribution in [3.63, 3.8) is 0 Å². The molecule has 4 heteroatoms. The normalized spacial score (nSPS) is 10.5. The van der Waals surface area contributed by atoms with E-state index in [-0.39, 0.29) is 12.1 Å². The summed E-state index contributed by atoms with van der Waals surface area (Å²) in [7, 11) is 0. The first-order chi connectivity index (χ1) is 11.5. The van der Waals surface area contributed by atoms with Crippen molar-refractivity contribution in [2.75, 3.05) is 6.54 Å². The second-order valence-electron chi connectivity index (χ2n) is 6.10. The van der Waals surface area contributed by atoms with Crippen molar-refractivity contribution in [2.24, 2.45) is 0 Å². The number of nitrogens with one attached hydrogen (secondary N) is 2. The van der Waals surface area contributed by atoms with Crippen molar-refractivity contribution >= 4 is 6.03 Å². The highest BCUT2D eigenvalue weighted by Crippen LogP contribution is 2.14. The third-order valence-electron chi connectivity index (χ3n) is 3.70. The number of carbonyl (C=O) groups excluding carboxylic acids is 1. The van der Waals surface area contributed by atoms with Crippen LogP contribution in [0.3, 0.4) is 0 Å². The monoisotopic (exact) mass is 326 g/mol. The number of carbonyl (C=O) groups is 1. The van der Waals surface area contributed by atoms with Crippen molar-refractivity contribution in [3.8, 4) is 5.75 Å². The maximum atomic E-state index is 11.9. The van der Waals surface area contributed by atoms with E-state index in [4.69, 9.17) is 4.74 Å². The first-order valence-corrected chi connectivity index (χ1v) is 8.36. The molecule has 2 rings (SSSR count). The molecule has 24 heavy (non-hydrogen) atoms. The van der Waals surface area contributed by atoms with E-state index in [9.17, 15) is 4.79 Å². The average Bonchev–Trinajstić information content (AvgIpc) is 2.55. The van der Waals surface area contributed by atoms with E-state index < -0.39 is 0 Å². The first kappa shape index (κ1) is 17.9. The molecule has 0 saturated heterocycles. The van der Waals surface area contributed by atoms with Gasteiger partial charge in [0.15, 0.2) is 0 Å². The molecule has 2 aromatic carbocycles. The van der Waals surface area contributed by atoms with Gasteiger partial charge in [0.25, 0.3) is 0 Å². The molecule has 0 unspecified atom stereocenters. The summed E-state index contributed by atoms with van der Waals surface area (Å²) in [5, 5.41) is 5.77. The summed E-state index contributed by atoms with van der Waals surface area (Å²) in [6.07, 6.45) is 0.967. The van der Waals surface area contributed by atoms with Crippen molar-refractivity contribution < 1.29 is 9.53 Å². The van der Waals surface area contributed by atoms with E-state index in [1.54, 1.807) is 0 Å². The van der Waals surface area contributed by atoms with Gasteiger partial charge in [-0.1, -0.05) is 36.4 Å². The van der Waals surface area contributed by atoms with Crippen molar-refractivity contribution in [2.45, 2.75) is 39.8 Å². The maximum absolute atomic E-state index is 11.9. The van der Waals surface area contributed by atoms with Gasteiger partial charge in [-0.2, -0.15) is 0 Å². The van der Waals surface area contributed by atoms with Crippen LogP contribution in [0.25, 0.3) is 0 Å². The van der Waals surface area contributed by atoms with Crippen LogP contribution in [0.1, 0.15) is 30.5 Å². The number of aryl methyl sites for hydroxylation is 1. The molecule has 2 aromatic rings. The van der Waals surface area contributed by atoms with E-state index >= 15 is 0 Å². The molecule has 0 heterocycles. The summed E-state index contributed by atoms with van der Waals surface area (Å²) in [5.41, 5.74) is 3.49. The zero-order chi connectivity index (χ0) is 17.4. The Bertz CT molecular complexity index is 651. The van der Waals surface area contributed by atoms with Gasteiger partial charge in [-0.15, -0.1) is 0 Å². The van der Waals surface area contributed by atoms with Gasteiger partial charge in [-0.3, -0.25) is 0 Å². The van der Waals surface area contributed by atoms with Crippen LogP contribution in [-0.4, -0.2) is 18.7 Å². The molecular formula is C20H26N2O2. The Labute approximate surface area is 144 Å². The highest BCUT2D eigenvalue weighted by atomic mass is 16.5. The van der Waals surface area contributed by atoms with Gasteiger partial charge in [0.2, 0.25) is 0 Å². The van der Waals surface area contributed by atoms with E-state index in [1.165, 1.54) is 11.1 Å². The van der Waals surface area contributed by atoms with Crippen molar-refractivity contribution in [1.82, 2.24) is 10.6 Å². The summed E-state index contributed by atoms with van der Waals surface area (Å²) in [6, 6.07) is 15.9. The Morgan fingerprint density at radius 3 is 2.42 bits per heavy atom. The lowest BCUT2D eigenvalue weighted by molar-refractivity contribution is 0.240. The number of benzene rings is 2. The first-order valence-electron chi connectivity index (χ1n) is 8.36. The van der Waals surface area contributed by atoms with Gasteiger partial charge in [0.1, 0.15) is 5.75 Å². The van der Waals surface area contributed by atoms with Gasteiger partial charge >= 0.3 is 6.03 Å². The zero-order valence-electron chi connectivity index (χ0n) is 14.6. The minimum atomic E-state index is -0.141. The summed E-state index contributed by atoms with van der Waals surface area (Å²) in [5.74, 6) is 0.873. The third-order valence-corrected chi connectivity index (χ3v) is 3.70. The second kappa shape index (κ2) is 8.96. The minimum Gasteiger partial charge on any atom is -0.491 e. The fraction of sp³-hybridized carbons (Fsp3) is 0.350. The highest BCUT2D eigenvalue weighted by Gasteiger charge is 2.03. The fourth-order valence-electron chi connectivity index (χ4n) is 2.37. The number of urea groups is 1. The summed E-state index contributed by atoms with van der Waals surface area (Å²) >= 11 is 0. The summed E-state index contributed by atoms with van der Waals surface area (Å²) < 4.78 is 5.62. The van der Waals surface area contributed by atoms with Gasteiger partial charge in [-0.05, 0) is 56.0 Å². The quantitative estimate of drug-likeness (QED) is 0.812. The van der Waals surface area contributed by atoms with Gasteiger partial charge in [0, 0.05) is 13.1 Å². The average molecular weight is 326 g/mol. The predicted molar refractivity (Wildman–Crippen MR) is 97.3 cm³/mol. The molecule has 0 aliphatic carbocycles. The van der Waals surface area contributed by atoms with Gasteiger partial charge in [-0.25, -0.2) is 4.79 Å². The smallest absolute Gasteiger partial charge is 0.315 e. The fourth-order valence-corrected chi connectivity index (χ4v) is 2.37. The van der Waals surface area contributed by atoms with Crippen LogP contribution >= 0.6 is 0 Å². The molecule has 0 saturated carbocycles. The number of hydrogen-bond donors (Lipinski definition) is 2. The Kier molecular flexibility index (Phi) is 6.67. The molecule has 0 bridgehead atoms. The number of amides is 2. The molecular weight excluding hydrogens is 300 g/mol. The summed E-state index contributed by atoms with van der Waals surface area (Å²) in [6.45, 7) is 7.20. The largest absolute Gasteiger partial charge is 0.491 e. The minimum absolute atomic E-state index is 0.141. The Morgan fingerprint density at radius 2 is 1.75 bits per heavy atom. The molecule has 0 aliphatic rings. The molecule has 0 aliphatic heterocycles. The molecule has 0 atom stereocenters. The molecule has 2 N–H and O–H groups in total. The Hall–Kier alpha value is -2.49. The molecule has 0 spiro atoms. The lowest BCUT2D eigenvalue weighted by atomic mass is 10.1. The molecule has 128 valence electrons. The molecule has 4 nitrogen and oxygen atoms in total. The molecule has 2 amide bonds. The SMILES string of the molecule is Cc1ccccc1CNC(=O)NCCc1ccc(OC(C)C)cc1. The van der Waals surface area contributed by atoms with Crippen LogP contribution in [0.2, 0.25) is 0 Å². The van der Waals surface area contributed by atoms with Crippen LogP contribution in [0.15, 0.2) is 48.5 Å². The Balaban J connectivity index is 1.70. The number of ether oxygens (including phenoxy) is 1. The molecule has 0 aromatic heterocycles. The predicted octanol–water partition coefficient (Wildman–Crippen LogP) is 3.82. The lowest BCUT2D eigenvalue weighted by Crippen LogP contribution is -2.36. The van der Waals surface area contributed by atoms with E-state index in [1.807, 2.05) is 69.3 Å². The highest BCUT2D eigenvalue weighted by molar-refractivity contribution is 5.73. The maximum Gasteiger partial charge on any atom is 0.315 e. The Morgan fingerprint density at radius 1 is 1.04 bits per heavy atom. The van der Waals surface area contributed by atoms with Gasteiger partial charge < -0.3 is 15.4 Å². The van der Waals surface area contributed by atoms with Gasteiger partial charge in [0.05, 0.1) is 6.10 Å². The van der Waals surface area contributed by atoms with E-state index in [2.05, 4.69) is 10.6 Å². The second-order valence-corrected chi connectivity index (χ2v) is 6.10. The van der Waals surface area contributed by atoms with Crippen LogP contribution in [0.4, 0.5) is 4.79 Å². The third kappa shape index (κ3) is 5.95. The van der Waals surface area contributed by atoms with Crippen LogP contribution in [0, 0.1) is 6.92 Å². The van der Waals surface area contributed by atoms with Crippen LogP contribution in [0.5, 0.6) is 5.75 Å². The van der Waals surface area contributed by atoms with Crippen molar-refractivity contribution in [3.05, 3.63) is 65.2 Å². The summed E-state index contributed by atoms with van der Waals surface area (Å²) in [4.78, 5) is 11.9. The zero-order valence-corrected chi connectivity index (χ0v) is 14.6. The van der Waals surface area contributed by atoms with E-state index in [0.717, 1.165) is 17.7 Å². The lowest BCUT2D eigenvalue weighted by Gasteiger charge is -2.11. The topological polar surface area (TPSA) is 50.4 Å². The van der Waals surface area contributed by atoms with E-state index in [0.29, 0.717) is 13.1 Å². The molecule has 0 radical (unpaired) electrons. The van der Waals surface area contributed by atoms with Crippen LogP contribution in [-0.2, 0) is 13.0 Å². The van der Waals surface area contributed by atoms with Crippen molar-refractivity contribution in [1.29, 1.82) is 0 Å².